The third kappa shape index (κ3) is 0.733. The number of hydrogen-bond donors (Lipinski definition) is 1. The van der Waals surface area contributed by atoms with E-state index in [1.54, 1.807) is 6.07 Å². The predicted octanol–water partition coefficient (Wildman–Crippen LogP) is 2.20. The van der Waals surface area contributed by atoms with Gasteiger partial charge in [0.05, 0.1) is 11.1 Å². The SMILES string of the molecule is O=C1Nc2c(F)cccc2C12CCC2. The van der Waals surface area contributed by atoms with Gasteiger partial charge in [0.15, 0.2) is 0 Å². The van der Waals surface area contributed by atoms with Gasteiger partial charge in [-0.15, -0.1) is 0 Å². The number of benzene rings is 1. The Morgan fingerprint density at radius 1 is 1.36 bits per heavy atom. The average molecular weight is 191 g/mol. The quantitative estimate of drug-likeness (QED) is 0.669. The highest BCUT2D eigenvalue weighted by atomic mass is 19.1. The first-order chi connectivity index (χ1) is 6.74. The van der Waals surface area contributed by atoms with Crippen molar-refractivity contribution < 1.29 is 9.18 Å². The van der Waals surface area contributed by atoms with Crippen LogP contribution in [0.25, 0.3) is 0 Å². The molecule has 0 unspecified atom stereocenters. The van der Waals surface area contributed by atoms with E-state index in [9.17, 15) is 9.18 Å². The van der Waals surface area contributed by atoms with E-state index < -0.39 is 5.41 Å². The minimum absolute atomic E-state index is 0.0242. The van der Waals surface area contributed by atoms with Crippen molar-refractivity contribution in [3.63, 3.8) is 0 Å². The van der Waals surface area contributed by atoms with E-state index in [0.717, 1.165) is 24.8 Å². The number of anilines is 1. The zero-order valence-corrected chi connectivity index (χ0v) is 7.64. The maximum atomic E-state index is 13.4. The van der Waals surface area contributed by atoms with Crippen LogP contribution in [0.5, 0.6) is 0 Å². The summed E-state index contributed by atoms with van der Waals surface area (Å²) in [4.78, 5) is 11.7. The maximum absolute atomic E-state index is 13.4. The van der Waals surface area contributed by atoms with Crippen LogP contribution in [0, 0.1) is 5.82 Å². The van der Waals surface area contributed by atoms with E-state index in [0.29, 0.717) is 5.69 Å². The van der Waals surface area contributed by atoms with Crippen molar-refractivity contribution in [2.75, 3.05) is 5.32 Å². The zero-order valence-electron chi connectivity index (χ0n) is 7.64. The van der Waals surface area contributed by atoms with Crippen molar-refractivity contribution in [2.45, 2.75) is 24.7 Å². The molecule has 1 aliphatic carbocycles. The molecule has 3 heteroatoms. The summed E-state index contributed by atoms with van der Waals surface area (Å²) in [5, 5.41) is 2.64. The Morgan fingerprint density at radius 2 is 2.14 bits per heavy atom. The van der Waals surface area contributed by atoms with Crippen LogP contribution in [0.1, 0.15) is 24.8 Å². The van der Waals surface area contributed by atoms with Crippen molar-refractivity contribution in [1.82, 2.24) is 0 Å². The Hall–Kier alpha value is -1.38. The second kappa shape index (κ2) is 2.35. The molecule has 1 heterocycles. The first-order valence-electron chi connectivity index (χ1n) is 4.84. The first-order valence-corrected chi connectivity index (χ1v) is 4.84. The van der Waals surface area contributed by atoms with Gasteiger partial charge in [-0.3, -0.25) is 4.79 Å². The fraction of sp³-hybridized carbons (Fsp3) is 0.364. The van der Waals surface area contributed by atoms with Crippen molar-refractivity contribution in [3.05, 3.63) is 29.6 Å². The molecule has 0 aromatic heterocycles. The summed E-state index contributed by atoms with van der Waals surface area (Å²) in [6.07, 6.45) is 2.77. The van der Waals surface area contributed by atoms with Gasteiger partial charge in [-0.05, 0) is 24.5 Å². The Kier molecular flexibility index (Phi) is 1.34. The molecule has 14 heavy (non-hydrogen) atoms. The van der Waals surface area contributed by atoms with Crippen molar-refractivity contribution in [2.24, 2.45) is 0 Å². The van der Waals surface area contributed by atoms with Crippen molar-refractivity contribution in [1.29, 1.82) is 0 Å². The van der Waals surface area contributed by atoms with Gasteiger partial charge in [-0.25, -0.2) is 4.39 Å². The normalized spacial score (nSPS) is 21.6. The molecule has 0 saturated heterocycles. The lowest BCUT2D eigenvalue weighted by atomic mass is 9.65. The molecule has 1 aliphatic heterocycles. The molecule has 1 aromatic carbocycles. The summed E-state index contributed by atoms with van der Waals surface area (Å²) >= 11 is 0. The number of nitrogens with one attached hydrogen (secondary N) is 1. The molecule has 2 aliphatic rings. The molecule has 1 fully saturated rings. The minimum atomic E-state index is -0.391. The van der Waals surface area contributed by atoms with Crippen LogP contribution >= 0.6 is 0 Å². The highest BCUT2D eigenvalue weighted by Gasteiger charge is 2.51. The van der Waals surface area contributed by atoms with E-state index in [1.165, 1.54) is 6.07 Å². The van der Waals surface area contributed by atoms with Gasteiger partial charge in [-0.1, -0.05) is 18.6 Å². The summed E-state index contributed by atoms with van der Waals surface area (Å²) in [7, 11) is 0. The number of halogens is 1. The number of carbonyl (C=O) groups is 1. The molecular weight excluding hydrogens is 181 g/mol. The molecule has 1 spiro atoms. The van der Waals surface area contributed by atoms with Crippen LogP contribution in [0.3, 0.4) is 0 Å². The predicted molar refractivity (Wildman–Crippen MR) is 50.6 cm³/mol. The fourth-order valence-corrected chi connectivity index (χ4v) is 2.43. The number of carbonyl (C=O) groups excluding carboxylic acids is 1. The second-order valence-corrected chi connectivity index (χ2v) is 4.05. The van der Waals surface area contributed by atoms with Gasteiger partial charge < -0.3 is 5.32 Å². The minimum Gasteiger partial charge on any atom is -0.323 e. The molecule has 72 valence electrons. The summed E-state index contributed by atoms with van der Waals surface area (Å²) in [5.41, 5.74) is 0.864. The van der Waals surface area contributed by atoms with Crippen molar-refractivity contribution in [3.8, 4) is 0 Å². The lowest BCUT2D eigenvalue weighted by molar-refractivity contribution is -0.123. The van der Waals surface area contributed by atoms with Crippen LogP contribution < -0.4 is 5.32 Å². The molecule has 1 saturated carbocycles. The third-order valence-corrected chi connectivity index (χ3v) is 3.41. The molecule has 0 bridgehead atoms. The fourth-order valence-electron chi connectivity index (χ4n) is 2.43. The zero-order chi connectivity index (χ0) is 9.76. The summed E-state index contributed by atoms with van der Waals surface area (Å²) < 4.78 is 13.4. The summed E-state index contributed by atoms with van der Waals surface area (Å²) in [6, 6.07) is 4.92. The first kappa shape index (κ1) is 7.97. The number of amides is 1. The second-order valence-electron chi connectivity index (χ2n) is 4.05. The number of hydrogen-bond acceptors (Lipinski definition) is 1. The van der Waals surface area contributed by atoms with E-state index in [-0.39, 0.29) is 11.7 Å². The van der Waals surface area contributed by atoms with Gasteiger partial charge in [0.25, 0.3) is 0 Å². The standard InChI is InChI=1S/C11H10FNO/c12-8-4-1-3-7-9(8)13-10(14)11(7)5-2-6-11/h1,3-4H,2,5-6H2,(H,13,14). The molecule has 2 nitrogen and oxygen atoms in total. The molecule has 0 atom stereocenters. The monoisotopic (exact) mass is 191 g/mol. The Morgan fingerprint density at radius 3 is 2.79 bits per heavy atom. The molecular formula is C11H10FNO. The van der Waals surface area contributed by atoms with Gasteiger partial charge >= 0.3 is 0 Å². The topological polar surface area (TPSA) is 29.1 Å². The van der Waals surface area contributed by atoms with Crippen LogP contribution in [0.2, 0.25) is 0 Å². The number of para-hydroxylation sites is 1. The van der Waals surface area contributed by atoms with E-state index >= 15 is 0 Å². The van der Waals surface area contributed by atoms with E-state index in [2.05, 4.69) is 5.32 Å². The Labute approximate surface area is 81.1 Å². The average Bonchev–Trinajstić information content (AvgIpc) is 2.38. The highest BCUT2D eigenvalue weighted by Crippen LogP contribution is 2.51. The Bertz CT molecular complexity index is 423. The summed E-state index contributed by atoms with van der Waals surface area (Å²) in [5.74, 6) is -0.344. The van der Waals surface area contributed by atoms with Crippen LogP contribution in [-0.4, -0.2) is 5.91 Å². The maximum Gasteiger partial charge on any atom is 0.235 e. The van der Waals surface area contributed by atoms with Gasteiger partial charge in [0.2, 0.25) is 5.91 Å². The Balaban J connectivity index is 2.22. The smallest absolute Gasteiger partial charge is 0.235 e. The molecule has 1 amide bonds. The molecule has 1 N–H and O–H groups in total. The van der Waals surface area contributed by atoms with Gasteiger partial charge in [-0.2, -0.15) is 0 Å². The molecule has 3 rings (SSSR count). The largest absolute Gasteiger partial charge is 0.323 e. The third-order valence-electron chi connectivity index (χ3n) is 3.41. The van der Waals surface area contributed by atoms with E-state index in [1.807, 2.05) is 6.07 Å². The van der Waals surface area contributed by atoms with Crippen LogP contribution in [0.4, 0.5) is 10.1 Å². The highest BCUT2D eigenvalue weighted by molar-refractivity contribution is 6.07. The lowest BCUT2D eigenvalue weighted by Gasteiger charge is -2.35. The van der Waals surface area contributed by atoms with Crippen molar-refractivity contribution >= 4 is 11.6 Å². The summed E-state index contributed by atoms with van der Waals surface area (Å²) in [6.45, 7) is 0. The molecule has 0 radical (unpaired) electrons. The van der Waals surface area contributed by atoms with Crippen LogP contribution in [-0.2, 0) is 10.2 Å². The van der Waals surface area contributed by atoms with Gasteiger partial charge in [0.1, 0.15) is 5.82 Å². The van der Waals surface area contributed by atoms with E-state index in [4.69, 9.17) is 0 Å². The van der Waals surface area contributed by atoms with Crippen LogP contribution in [0.15, 0.2) is 18.2 Å². The number of rotatable bonds is 0. The lowest BCUT2D eigenvalue weighted by Crippen LogP contribution is -2.40. The van der Waals surface area contributed by atoms with Gasteiger partial charge in [0, 0.05) is 0 Å². The molecule has 1 aromatic rings. The number of fused-ring (bicyclic) bond motifs is 2.